The van der Waals surface area contributed by atoms with Crippen LogP contribution in [0.25, 0.3) is 0 Å². The third-order valence-electron chi connectivity index (χ3n) is 6.82. The molecule has 1 saturated carbocycles. The zero-order chi connectivity index (χ0) is 27.4. The van der Waals surface area contributed by atoms with Crippen molar-refractivity contribution < 1.29 is 37.8 Å². The number of benzene rings is 2. The van der Waals surface area contributed by atoms with Crippen LogP contribution in [-0.4, -0.2) is 66.9 Å². The topological polar surface area (TPSA) is 131 Å². The largest absolute Gasteiger partial charge is 0.465 e. The number of hydrogen-bond acceptors (Lipinski definition) is 7. The van der Waals surface area contributed by atoms with E-state index in [1.807, 2.05) is 0 Å². The number of rotatable bonds is 6. The van der Waals surface area contributed by atoms with E-state index in [0.717, 1.165) is 12.8 Å². The summed E-state index contributed by atoms with van der Waals surface area (Å²) in [6.07, 6.45) is 2.75. The first kappa shape index (κ1) is 26.8. The molecule has 2 aliphatic rings. The second-order valence-corrected chi connectivity index (χ2v) is 9.24. The minimum Gasteiger partial charge on any atom is -0.465 e. The number of carbonyl (C=O) groups excluding carboxylic acids is 5. The molecular formula is C27H28FN3O7. The van der Waals surface area contributed by atoms with E-state index in [-0.39, 0.29) is 40.9 Å². The van der Waals surface area contributed by atoms with Gasteiger partial charge in [-0.3, -0.25) is 14.4 Å². The van der Waals surface area contributed by atoms with Gasteiger partial charge in [0.1, 0.15) is 11.9 Å². The summed E-state index contributed by atoms with van der Waals surface area (Å²) in [7, 11) is 2.36. The summed E-state index contributed by atoms with van der Waals surface area (Å²) in [6.45, 7) is 0. The quantitative estimate of drug-likeness (QED) is 0.555. The van der Waals surface area contributed by atoms with Crippen LogP contribution in [0.1, 0.15) is 63.2 Å². The fourth-order valence-corrected chi connectivity index (χ4v) is 5.03. The summed E-state index contributed by atoms with van der Waals surface area (Å²) < 4.78 is 22.9. The minimum absolute atomic E-state index is 0.0132. The SMILES string of the molecule is COC(=O)c1cc(NC(=O)C[C@@H]2C(=O)N[C@@H]3CCCC[C@@H]3N2C(=O)c2ccc(F)cc2)cc(C(=O)OC)c1. The maximum absolute atomic E-state index is 13.6. The highest BCUT2D eigenvalue weighted by Gasteiger charge is 2.46. The predicted molar refractivity (Wildman–Crippen MR) is 133 cm³/mol. The normalized spacial score (nSPS) is 20.6. The van der Waals surface area contributed by atoms with Crippen LogP contribution < -0.4 is 10.6 Å². The minimum atomic E-state index is -1.12. The van der Waals surface area contributed by atoms with E-state index in [1.165, 1.54) is 61.6 Å². The van der Waals surface area contributed by atoms with Crippen LogP contribution in [0.5, 0.6) is 0 Å². The highest BCUT2D eigenvalue weighted by molar-refractivity contribution is 6.03. The first-order chi connectivity index (χ1) is 18.2. The molecule has 10 nitrogen and oxygen atoms in total. The lowest BCUT2D eigenvalue weighted by Gasteiger charge is -2.48. The highest BCUT2D eigenvalue weighted by Crippen LogP contribution is 2.31. The van der Waals surface area contributed by atoms with E-state index in [4.69, 9.17) is 9.47 Å². The van der Waals surface area contributed by atoms with Crippen molar-refractivity contribution in [2.75, 3.05) is 19.5 Å². The molecule has 1 heterocycles. The molecular weight excluding hydrogens is 497 g/mol. The molecule has 0 spiro atoms. The van der Waals surface area contributed by atoms with Gasteiger partial charge in [0.2, 0.25) is 11.8 Å². The van der Waals surface area contributed by atoms with Crippen LogP contribution in [0, 0.1) is 5.82 Å². The zero-order valence-electron chi connectivity index (χ0n) is 21.0. The Morgan fingerprint density at radius 1 is 0.947 bits per heavy atom. The highest BCUT2D eigenvalue weighted by atomic mass is 19.1. The molecule has 11 heteroatoms. The summed E-state index contributed by atoms with van der Waals surface area (Å²) >= 11 is 0. The maximum atomic E-state index is 13.6. The molecule has 2 aromatic carbocycles. The number of nitrogens with one attached hydrogen (secondary N) is 2. The van der Waals surface area contributed by atoms with E-state index < -0.39 is 41.5 Å². The van der Waals surface area contributed by atoms with Crippen LogP contribution in [0.2, 0.25) is 0 Å². The lowest BCUT2D eigenvalue weighted by atomic mass is 9.84. The molecule has 0 radical (unpaired) electrons. The van der Waals surface area contributed by atoms with Gasteiger partial charge in [-0.15, -0.1) is 0 Å². The molecule has 0 bridgehead atoms. The molecule has 1 aliphatic carbocycles. The molecule has 3 amide bonds. The Morgan fingerprint density at radius 3 is 2.16 bits per heavy atom. The Labute approximate surface area is 218 Å². The standard InChI is InChI=1S/C27H28FN3O7/c1-37-26(35)16-11-17(27(36)38-2)13-19(12-16)29-23(32)14-22-24(33)30-20-5-3-4-6-21(20)31(22)25(34)15-7-9-18(28)10-8-15/h7-13,20-22H,3-6,14H2,1-2H3,(H,29,32)(H,30,33)/t20-,21+,22-/m1/s1. The number of carbonyl (C=O) groups is 5. The molecule has 2 N–H and O–H groups in total. The fraction of sp³-hybridized carbons (Fsp3) is 0.370. The van der Waals surface area contributed by atoms with Crippen molar-refractivity contribution in [1.29, 1.82) is 0 Å². The van der Waals surface area contributed by atoms with Crippen LogP contribution in [0.3, 0.4) is 0 Å². The van der Waals surface area contributed by atoms with Gasteiger partial charge in [-0.25, -0.2) is 14.0 Å². The number of anilines is 1. The summed E-state index contributed by atoms with van der Waals surface area (Å²) in [6, 6.07) is 7.31. The van der Waals surface area contributed by atoms with Crippen LogP contribution in [0.15, 0.2) is 42.5 Å². The van der Waals surface area contributed by atoms with Crippen LogP contribution >= 0.6 is 0 Å². The van der Waals surface area contributed by atoms with E-state index in [1.54, 1.807) is 0 Å². The number of halogens is 1. The third kappa shape index (κ3) is 5.66. The smallest absolute Gasteiger partial charge is 0.337 e. The van der Waals surface area contributed by atoms with Gasteiger partial charge in [0, 0.05) is 17.3 Å². The Kier molecular flexibility index (Phi) is 8.04. The van der Waals surface area contributed by atoms with E-state index in [0.29, 0.717) is 12.8 Å². The number of hydrogen-bond donors (Lipinski definition) is 2. The Morgan fingerprint density at radius 2 is 1.55 bits per heavy atom. The summed E-state index contributed by atoms with van der Waals surface area (Å²) in [5, 5.41) is 5.56. The van der Waals surface area contributed by atoms with Gasteiger partial charge in [-0.2, -0.15) is 0 Å². The van der Waals surface area contributed by atoms with Crippen molar-refractivity contribution in [2.45, 2.75) is 50.2 Å². The van der Waals surface area contributed by atoms with E-state index in [9.17, 15) is 28.4 Å². The molecule has 200 valence electrons. The average molecular weight is 526 g/mol. The number of ether oxygens (including phenoxy) is 2. The van der Waals surface area contributed by atoms with Crippen LogP contribution in [-0.2, 0) is 19.1 Å². The molecule has 1 saturated heterocycles. The molecule has 2 fully saturated rings. The summed E-state index contributed by atoms with van der Waals surface area (Å²) in [5.74, 6) is -3.48. The number of methoxy groups -OCH3 is 2. The average Bonchev–Trinajstić information content (AvgIpc) is 2.92. The van der Waals surface area contributed by atoms with Crippen LogP contribution in [0.4, 0.5) is 10.1 Å². The molecule has 0 aromatic heterocycles. The molecule has 0 unspecified atom stereocenters. The fourth-order valence-electron chi connectivity index (χ4n) is 5.03. The number of nitrogens with zero attached hydrogens (tertiary/aromatic N) is 1. The summed E-state index contributed by atoms with van der Waals surface area (Å²) in [4.78, 5) is 65.4. The van der Waals surface area contributed by atoms with Gasteiger partial charge in [0.15, 0.2) is 0 Å². The Hall–Kier alpha value is -4.28. The number of esters is 2. The molecule has 38 heavy (non-hydrogen) atoms. The Bertz CT molecular complexity index is 1230. The predicted octanol–water partition coefficient (Wildman–Crippen LogP) is 2.68. The molecule has 4 rings (SSSR count). The van der Waals surface area contributed by atoms with Crippen molar-refractivity contribution in [3.05, 3.63) is 65.0 Å². The Balaban J connectivity index is 1.61. The second kappa shape index (κ2) is 11.4. The van der Waals surface area contributed by atoms with Gasteiger partial charge in [-0.1, -0.05) is 12.8 Å². The first-order valence-corrected chi connectivity index (χ1v) is 12.2. The molecule has 3 atom stereocenters. The number of amides is 3. The van der Waals surface area contributed by atoms with Crippen molar-refractivity contribution >= 4 is 35.3 Å². The lowest BCUT2D eigenvalue weighted by Crippen LogP contribution is -2.68. The zero-order valence-corrected chi connectivity index (χ0v) is 21.0. The number of fused-ring (bicyclic) bond motifs is 1. The van der Waals surface area contributed by atoms with Crippen molar-refractivity contribution in [3.63, 3.8) is 0 Å². The number of piperazine rings is 1. The maximum Gasteiger partial charge on any atom is 0.337 e. The van der Waals surface area contributed by atoms with E-state index >= 15 is 0 Å². The van der Waals surface area contributed by atoms with Crippen molar-refractivity contribution in [3.8, 4) is 0 Å². The van der Waals surface area contributed by atoms with Crippen molar-refractivity contribution in [1.82, 2.24) is 10.2 Å². The third-order valence-corrected chi connectivity index (χ3v) is 6.82. The molecule has 1 aliphatic heterocycles. The molecule has 2 aromatic rings. The van der Waals surface area contributed by atoms with E-state index in [2.05, 4.69) is 10.6 Å². The second-order valence-electron chi connectivity index (χ2n) is 9.24. The monoisotopic (exact) mass is 525 g/mol. The van der Waals surface area contributed by atoms with Gasteiger partial charge < -0.3 is 25.0 Å². The van der Waals surface area contributed by atoms with Gasteiger partial charge in [0.25, 0.3) is 5.91 Å². The van der Waals surface area contributed by atoms with Crippen molar-refractivity contribution in [2.24, 2.45) is 0 Å². The van der Waals surface area contributed by atoms with Gasteiger partial charge >= 0.3 is 11.9 Å². The lowest BCUT2D eigenvalue weighted by molar-refractivity contribution is -0.135. The summed E-state index contributed by atoms with van der Waals surface area (Å²) in [5.41, 5.74) is 0.351. The first-order valence-electron chi connectivity index (χ1n) is 12.2. The van der Waals surface area contributed by atoms with Gasteiger partial charge in [0.05, 0.1) is 37.8 Å². The van der Waals surface area contributed by atoms with Gasteiger partial charge in [-0.05, 0) is 55.3 Å².